The summed E-state index contributed by atoms with van der Waals surface area (Å²) < 4.78 is 17.7. The Labute approximate surface area is 154 Å². The van der Waals surface area contributed by atoms with Gasteiger partial charge in [0.2, 0.25) is 0 Å². The van der Waals surface area contributed by atoms with E-state index in [2.05, 4.69) is 5.32 Å². The fourth-order valence-electron chi connectivity index (χ4n) is 1.90. The highest BCUT2D eigenvalue weighted by Gasteiger charge is 2.08. The van der Waals surface area contributed by atoms with Crippen LogP contribution in [0, 0.1) is 5.82 Å². The largest absolute Gasteiger partial charge is 0.455 e. The molecule has 0 aliphatic heterocycles. The average molecular weight is 382 g/mol. The van der Waals surface area contributed by atoms with E-state index in [1.54, 1.807) is 18.2 Å². The van der Waals surface area contributed by atoms with Gasteiger partial charge in [0, 0.05) is 17.3 Å². The van der Waals surface area contributed by atoms with Gasteiger partial charge in [0.25, 0.3) is 5.91 Å². The third kappa shape index (κ3) is 7.15. The second-order valence-electron chi connectivity index (χ2n) is 5.15. The molecule has 4 nitrogen and oxygen atoms in total. The number of hydrogen-bond acceptors (Lipinski definition) is 4. The Morgan fingerprint density at radius 1 is 1.12 bits per heavy atom. The first kappa shape index (κ1) is 19.3. The van der Waals surface area contributed by atoms with Crippen molar-refractivity contribution in [3.8, 4) is 0 Å². The lowest BCUT2D eigenvalue weighted by Gasteiger charge is -2.07. The number of ether oxygens (including phenoxy) is 1. The van der Waals surface area contributed by atoms with Crippen LogP contribution in [0.1, 0.15) is 11.1 Å². The molecule has 1 amide bonds. The maximum atomic E-state index is 12.8. The SMILES string of the molecule is O=C(COC(=O)CSCc1ccccc1Cl)NCc1ccc(F)cc1. The lowest BCUT2D eigenvalue weighted by atomic mass is 10.2. The van der Waals surface area contributed by atoms with Crippen LogP contribution in [0.4, 0.5) is 4.39 Å². The normalized spacial score (nSPS) is 10.3. The quantitative estimate of drug-likeness (QED) is 0.710. The summed E-state index contributed by atoms with van der Waals surface area (Å²) in [5.74, 6) is -0.483. The van der Waals surface area contributed by atoms with E-state index in [9.17, 15) is 14.0 Å². The molecule has 132 valence electrons. The van der Waals surface area contributed by atoms with Crippen molar-refractivity contribution in [2.45, 2.75) is 12.3 Å². The summed E-state index contributed by atoms with van der Waals surface area (Å²) in [5, 5.41) is 3.26. The van der Waals surface area contributed by atoms with Crippen molar-refractivity contribution in [3.05, 3.63) is 70.5 Å². The first-order valence-electron chi connectivity index (χ1n) is 7.52. The second kappa shape index (κ2) is 10.1. The van der Waals surface area contributed by atoms with Crippen molar-refractivity contribution in [2.75, 3.05) is 12.4 Å². The van der Waals surface area contributed by atoms with Crippen LogP contribution < -0.4 is 5.32 Å². The zero-order valence-corrected chi connectivity index (χ0v) is 14.9. The zero-order valence-electron chi connectivity index (χ0n) is 13.3. The van der Waals surface area contributed by atoms with E-state index in [4.69, 9.17) is 16.3 Å². The summed E-state index contributed by atoms with van der Waals surface area (Å²) in [6, 6.07) is 13.2. The zero-order chi connectivity index (χ0) is 18.1. The summed E-state index contributed by atoms with van der Waals surface area (Å²) in [6.07, 6.45) is 0. The molecule has 2 rings (SSSR count). The van der Waals surface area contributed by atoms with Crippen LogP contribution in [0.2, 0.25) is 5.02 Å². The van der Waals surface area contributed by atoms with Crippen molar-refractivity contribution < 1.29 is 18.7 Å². The van der Waals surface area contributed by atoms with Gasteiger partial charge in [-0.2, -0.15) is 0 Å². The minimum Gasteiger partial charge on any atom is -0.455 e. The predicted octanol–water partition coefficient (Wildman–Crippen LogP) is 3.57. The molecule has 0 heterocycles. The van der Waals surface area contributed by atoms with Crippen molar-refractivity contribution in [1.29, 1.82) is 0 Å². The highest BCUT2D eigenvalue weighted by atomic mass is 35.5. The maximum Gasteiger partial charge on any atom is 0.316 e. The van der Waals surface area contributed by atoms with E-state index < -0.39 is 11.9 Å². The number of amides is 1. The van der Waals surface area contributed by atoms with Gasteiger partial charge in [-0.3, -0.25) is 9.59 Å². The Hall–Kier alpha value is -2.05. The number of nitrogens with one attached hydrogen (secondary N) is 1. The Morgan fingerprint density at radius 2 is 1.84 bits per heavy atom. The Kier molecular flexibility index (Phi) is 7.76. The fraction of sp³-hybridized carbons (Fsp3) is 0.222. The van der Waals surface area contributed by atoms with Crippen molar-refractivity contribution in [2.24, 2.45) is 0 Å². The van der Waals surface area contributed by atoms with E-state index >= 15 is 0 Å². The monoisotopic (exact) mass is 381 g/mol. The molecule has 0 aliphatic rings. The molecule has 0 aromatic heterocycles. The van der Waals surface area contributed by atoms with E-state index in [1.807, 2.05) is 18.2 Å². The highest BCUT2D eigenvalue weighted by Crippen LogP contribution is 2.20. The molecule has 0 bridgehead atoms. The summed E-state index contributed by atoms with van der Waals surface area (Å²) in [6.45, 7) is -0.0927. The van der Waals surface area contributed by atoms with Crippen LogP contribution in [0.15, 0.2) is 48.5 Å². The van der Waals surface area contributed by atoms with Gasteiger partial charge in [0.05, 0.1) is 5.75 Å². The van der Waals surface area contributed by atoms with E-state index in [0.717, 1.165) is 11.1 Å². The third-order valence-corrected chi connectivity index (χ3v) is 4.53. The number of carbonyl (C=O) groups is 2. The van der Waals surface area contributed by atoms with Gasteiger partial charge in [-0.05, 0) is 29.3 Å². The van der Waals surface area contributed by atoms with Gasteiger partial charge in [-0.15, -0.1) is 11.8 Å². The number of rotatable bonds is 8. The van der Waals surface area contributed by atoms with Crippen LogP contribution in [0.25, 0.3) is 0 Å². The van der Waals surface area contributed by atoms with E-state index in [0.29, 0.717) is 10.8 Å². The number of halogens is 2. The molecule has 2 aromatic rings. The van der Waals surface area contributed by atoms with E-state index in [-0.39, 0.29) is 24.7 Å². The van der Waals surface area contributed by atoms with Gasteiger partial charge in [0.1, 0.15) is 5.82 Å². The number of carbonyl (C=O) groups excluding carboxylic acids is 2. The molecule has 2 aromatic carbocycles. The minimum absolute atomic E-state index is 0.135. The molecule has 25 heavy (non-hydrogen) atoms. The molecule has 0 unspecified atom stereocenters. The summed E-state index contributed by atoms with van der Waals surface area (Å²) >= 11 is 7.40. The number of hydrogen-bond donors (Lipinski definition) is 1. The molecular weight excluding hydrogens is 365 g/mol. The van der Waals surface area contributed by atoms with Gasteiger partial charge in [-0.1, -0.05) is 41.9 Å². The lowest BCUT2D eigenvalue weighted by molar-refractivity contribution is -0.145. The first-order chi connectivity index (χ1) is 12.0. The Balaban J connectivity index is 1.61. The number of thioether (sulfide) groups is 1. The molecule has 0 aliphatic carbocycles. The average Bonchev–Trinajstić information content (AvgIpc) is 2.61. The summed E-state index contributed by atoms with van der Waals surface area (Å²) in [4.78, 5) is 23.3. The summed E-state index contributed by atoms with van der Waals surface area (Å²) in [5.41, 5.74) is 1.70. The topological polar surface area (TPSA) is 55.4 Å². The van der Waals surface area contributed by atoms with Crippen LogP contribution in [0.3, 0.4) is 0 Å². The standard InChI is InChI=1S/C18H17ClFNO3S/c19-16-4-2-1-3-14(16)11-25-12-18(23)24-10-17(22)21-9-13-5-7-15(20)8-6-13/h1-8H,9-12H2,(H,21,22). The molecule has 0 saturated carbocycles. The molecule has 7 heteroatoms. The lowest BCUT2D eigenvalue weighted by Crippen LogP contribution is -2.28. The molecule has 0 radical (unpaired) electrons. The first-order valence-corrected chi connectivity index (χ1v) is 9.06. The number of esters is 1. The molecule has 0 atom stereocenters. The van der Waals surface area contributed by atoms with Gasteiger partial charge in [-0.25, -0.2) is 4.39 Å². The number of benzene rings is 2. The van der Waals surface area contributed by atoms with Crippen LogP contribution in [-0.4, -0.2) is 24.2 Å². The smallest absolute Gasteiger partial charge is 0.316 e. The highest BCUT2D eigenvalue weighted by molar-refractivity contribution is 7.99. The molecule has 1 N–H and O–H groups in total. The van der Waals surface area contributed by atoms with Crippen LogP contribution in [-0.2, 0) is 26.6 Å². The van der Waals surface area contributed by atoms with Crippen LogP contribution >= 0.6 is 23.4 Å². The van der Waals surface area contributed by atoms with Crippen molar-refractivity contribution in [3.63, 3.8) is 0 Å². The minimum atomic E-state index is -0.464. The third-order valence-electron chi connectivity index (χ3n) is 3.20. The van der Waals surface area contributed by atoms with E-state index in [1.165, 1.54) is 23.9 Å². The Bertz CT molecular complexity index is 725. The second-order valence-corrected chi connectivity index (χ2v) is 6.54. The Morgan fingerprint density at radius 3 is 2.56 bits per heavy atom. The molecule has 0 spiro atoms. The van der Waals surface area contributed by atoms with Crippen molar-refractivity contribution >= 4 is 35.2 Å². The maximum absolute atomic E-state index is 12.8. The van der Waals surface area contributed by atoms with Gasteiger partial charge < -0.3 is 10.1 Å². The predicted molar refractivity (Wildman–Crippen MR) is 96.8 cm³/mol. The fourth-order valence-corrected chi connectivity index (χ4v) is 3.01. The molecular formula is C18H17ClFNO3S. The summed E-state index contributed by atoms with van der Waals surface area (Å²) in [7, 11) is 0. The molecule has 0 saturated heterocycles. The van der Waals surface area contributed by atoms with Gasteiger partial charge >= 0.3 is 5.97 Å². The van der Waals surface area contributed by atoms with Crippen LogP contribution in [0.5, 0.6) is 0 Å². The molecule has 0 fully saturated rings. The van der Waals surface area contributed by atoms with Crippen molar-refractivity contribution in [1.82, 2.24) is 5.32 Å². The van der Waals surface area contributed by atoms with Gasteiger partial charge in [0.15, 0.2) is 6.61 Å².